The number of hydrogen-bond donors (Lipinski definition) is 1. The van der Waals surface area contributed by atoms with E-state index in [0.29, 0.717) is 24.3 Å². The molecule has 1 aliphatic heterocycles. The maximum atomic E-state index is 11.2. The number of rotatable bonds is 5. The minimum Gasteiger partial charge on any atom is -0.494 e. The third-order valence-corrected chi connectivity index (χ3v) is 5.11. The highest BCUT2D eigenvalue weighted by Crippen LogP contribution is 2.26. The Labute approximate surface area is 166 Å². The number of carbonyl (C=O) groups excluding carboxylic acids is 1. The fourth-order valence-electron chi connectivity index (χ4n) is 2.41. The molecule has 0 aromatic heterocycles. The maximum absolute atomic E-state index is 11.2. The van der Waals surface area contributed by atoms with Crippen LogP contribution < -0.4 is 10.1 Å². The van der Waals surface area contributed by atoms with Crippen molar-refractivity contribution in [2.24, 2.45) is 0 Å². The van der Waals surface area contributed by atoms with Gasteiger partial charge < -0.3 is 10.1 Å². The van der Waals surface area contributed by atoms with Gasteiger partial charge in [-0.25, -0.2) is 4.21 Å². The number of anilines is 1. The standard InChI is InChI=1S/C13H15NO3S.C7H7Br/c15-13-6-3-10-9-11(4-5-12(10)14-13)17-7-1-2-8-18-16;1-6-4-2-3-5-7(6)8/h4-5,8-9H,1-3,6-7H2,(H,14,15);2-5H,1H3. The first-order valence-electron chi connectivity index (χ1n) is 8.47. The Morgan fingerprint density at radius 2 is 2.04 bits per heavy atom. The molecule has 0 unspecified atom stereocenters. The molecule has 2 aromatic carbocycles. The second-order valence-electron chi connectivity index (χ2n) is 5.87. The molecule has 1 N–H and O–H groups in total. The Morgan fingerprint density at radius 1 is 1.23 bits per heavy atom. The van der Waals surface area contributed by atoms with Crippen molar-refractivity contribution < 1.29 is 13.7 Å². The molecule has 0 fully saturated rings. The molecule has 0 atom stereocenters. The van der Waals surface area contributed by atoms with Gasteiger partial charge in [-0.15, -0.1) is 0 Å². The molecule has 1 aliphatic rings. The first-order valence-corrected chi connectivity index (χ1v) is 10.1. The van der Waals surface area contributed by atoms with E-state index in [9.17, 15) is 9.00 Å². The van der Waals surface area contributed by atoms with Gasteiger partial charge in [0.25, 0.3) is 0 Å². The lowest BCUT2D eigenvalue weighted by Crippen LogP contribution is -2.18. The first kappa shape index (κ1) is 20.4. The predicted molar refractivity (Wildman–Crippen MR) is 111 cm³/mol. The van der Waals surface area contributed by atoms with E-state index in [4.69, 9.17) is 4.74 Å². The Hall–Kier alpha value is -1.92. The van der Waals surface area contributed by atoms with Crippen LogP contribution in [0.5, 0.6) is 5.75 Å². The lowest BCUT2D eigenvalue weighted by Gasteiger charge is -2.17. The smallest absolute Gasteiger partial charge is 0.224 e. The van der Waals surface area contributed by atoms with Crippen LogP contribution in [-0.4, -0.2) is 22.1 Å². The predicted octanol–water partition coefficient (Wildman–Crippen LogP) is 4.50. The summed E-state index contributed by atoms with van der Waals surface area (Å²) in [7, 11) is 0. The number of hydrogen-bond acceptors (Lipinski definition) is 3. The summed E-state index contributed by atoms with van der Waals surface area (Å²) in [4.78, 5) is 11.2. The molecule has 0 radical (unpaired) electrons. The second kappa shape index (κ2) is 10.9. The summed E-state index contributed by atoms with van der Waals surface area (Å²) in [5.74, 6) is 0.890. The zero-order chi connectivity index (χ0) is 18.8. The van der Waals surface area contributed by atoms with Crippen molar-refractivity contribution in [2.75, 3.05) is 11.9 Å². The number of halogens is 1. The normalized spacial score (nSPS) is 12.2. The number of carbonyl (C=O) groups is 1. The van der Waals surface area contributed by atoms with E-state index in [2.05, 4.69) is 34.2 Å². The fourth-order valence-corrected chi connectivity index (χ4v) is 2.95. The minimum absolute atomic E-state index is 0.0711. The van der Waals surface area contributed by atoms with Crippen molar-refractivity contribution in [3.8, 4) is 5.75 Å². The highest BCUT2D eigenvalue weighted by molar-refractivity contribution is 9.10. The van der Waals surface area contributed by atoms with Gasteiger partial charge in [-0.2, -0.15) is 0 Å². The van der Waals surface area contributed by atoms with Gasteiger partial charge in [0.1, 0.15) is 5.75 Å². The summed E-state index contributed by atoms with van der Waals surface area (Å²) < 4.78 is 16.9. The topological polar surface area (TPSA) is 55.4 Å². The molecule has 1 heterocycles. The van der Waals surface area contributed by atoms with Crippen LogP contribution in [0.25, 0.3) is 0 Å². The van der Waals surface area contributed by atoms with Crippen LogP contribution in [0.4, 0.5) is 5.69 Å². The molecule has 6 heteroatoms. The zero-order valence-corrected chi connectivity index (χ0v) is 17.1. The van der Waals surface area contributed by atoms with E-state index in [1.807, 2.05) is 36.4 Å². The second-order valence-corrected chi connectivity index (χ2v) is 7.25. The number of benzene rings is 2. The molecule has 138 valence electrons. The summed E-state index contributed by atoms with van der Waals surface area (Å²) >= 11 is 3.89. The third-order valence-electron chi connectivity index (χ3n) is 3.85. The molecule has 0 saturated heterocycles. The van der Waals surface area contributed by atoms with Gasteiger partial charge in [-0.3, -0.25) is 4.79 Å². The van der Waals surface area contributed by atoms with Crippen molar-refractivity contribution in [3.05, 3.63) is 58.1 Å². The Kier molecular flexibility index (Phi) is 8.58. The van der Waals surface area contributed by atoms with Crippen LogP contribution in [0.2, 0.25) is 0 Å². The Morgan fingerprint density at radius 3 is 2.73 bits per heavy atom. The van der Waals surface area contributed by atoms with Gasteiger partial charge in [0.15, 0.2) is 0 Å². The van der Waals surface area contributed by atoms with Gasteiger partial charge in [0.2, 0.25) is 5.91 Å². The lowest BCUT2D eigenvalue weighted by molar-refractivity contribution is -0.116. The van der Waals surface area contributed by atoms with E-state index in [-0.39, 0.29) is 5.91 Å². The maximum Gasteiger partial charge on any atom is 0.224 e. The molecule has 3 rings (SSSR count). The van der Waals surface area contributed by atoms with Crippen molar-refractivity contribution in [2.45, 2.75) is 32.6 Å². The number of aryl methyl sites for hydroxylation is 2. The van der Waals surface area contributed by atoms with Gasteiger partial charge in [0, 0.05) is 21.9 Å². The summed E-state index contributed by atoms with van der Waals surface area (Å²) in [5.41, 5.74) is 3.29. The summed E-state index contributed by atoms with van der Waals surface area (Å²) in [5, 5.41) is 4.46. The number of nitrogens with one attached hydrogen (secondary N) is 1. The molecule has 0 bridgehead atoms. The molecule has 26 heavy (non-hydrogen) atoms. The molecule has 0 aliphatic carbocycles. The van der Waals surface area contributed by atoms with Crippen LogP contribution in [0, 0.1) is 6.92 Å². The van der Waals surface area contributed by atoms with Crippen molar-refractivity contribution in [3.63, 3.8) is 0 Å². The van der Waals surface area contributed by atoms with Crippen LogP contribution >= 0.6 is 15.9 Å². The van der Waals surface area contributed by atoms with Gasteiger partial charge in [-0.05, 0) is 61.6 Å². The summed E-state index contributed by atoms with van der Waals surface area (Å²) in [6, 6.07) is 13.9. The molecule has 4 nitrogen and oxygen atoms in total. The van der Waals surface area contributed by atoms with Gasteiger partial charge in [0.05, 0.1) is 17.9 Å². The Balaban J connectivity index is 0.000000254. The van der Waals surface area contributed by atoms with E-state index >= 15 is 0 Å². The SMILES string of the molecule is Cc1ccccc1Br.O=S=CCCCOc1ccc2c(c1)CCC(=O)N2. The van der Waals surface area contributed by atoms with E-state index in [0.717, 1.165) is 36.3 Å². The number of amides is 1. The molecule has 0 saturated carbocycles. The first-order chi connectivity index (χ1) is 12.6. The van der Waals surface area contributed by atoms with Crippen LogP contribution in [-0.2, 0) is 22.5 Å². The highest BCUT2D eigenvalue weighted by atomic mass is 79.9. The molecular formula is C20H22BrNO3S. The fraction of sp³-hybridized carbons (Fsp3) is 0.300. The van der Waals surface area contributed by atoms with Crippen molar-refractivity contribution in [1.29, 1.82) is 0 Å². The molecule has 0 spiro atoms. The van der Waals surface area contributed by atoms with Crippen LogP contribution in [0.1, 0.15) is 30.4 Å². The van der Waals surface area contributed by atoms with Crippen LogP contribution in [0.3, 0.4) is 0 Å². The third kappa shape index (κ3) is 6.77. The van der Waals surface area contributed by atoms with E-state index in [1.165, 1.54) is 10.0 Å². The zero-order valence-electron chi connectivity index (χ0n) is 14.7. The number of unbranched alkanes of at least 4 members (excludes halogenated alkanes) is 1. The Bertz CT molecular complexity index is 782. The number of fused-ring (bicyclic) bond motifs is 1. The summed E-state index contributed by atoms with van der Waals surface area (Å²) in [6.07, 6.45) is 2.89. The molecule has 1 amide bonds. The van der Waals surface area contributed by atoms with E-state index in [1.54, 1.807) is 5.37 Å². The monoisotopic (exact) mass is 435 g/mol. The minimum atomic E-state index is 0.0711. The lowest BCUT2D eigenvalue weighted by atomic mass is 10.0. The average Bonchev–Trinajstić information content (AvgIpc) is 2.64. The average molecular weight is 436 g/mol. The van der Waals surface area contributed by atoms with Crippen LogP contribution in [0.15, 0.2) is 46.9 Å². The van der Waals surface area contributed by atoms with Crippen molar-refractivity contribution in [1.82, 2.24) is 0 Å². The van der Waals surface area contributed by atoms with E-state index < -0.39 is 0 Å². The quantitative estimate of drug-likeness (QED) is 0.555. The molecular weight excluding hydrogens is 414 g/mol. The van der Waals surface area contributed by atoms with Crippen molar-refractivity contribution >= 4 is 44.1 Å². The number of ether oxygens (including phenoxy) is 1. The van der Waals surface area contributed by atoms with Gasteiger partial charge in [-0.1, -0.05) is 34.1 Å². The summed E-state index contributed by atoms with van der Waals surface area (Å²) in [6.45, 7) is 2.67. The van der Waals surface area contributed by atoms with Gasteiger partial charge >= 0.3 is 0 Å². The largest absolute Gasteiger partial charge is 0.494 e. The molecule has 2 aromatic rings. The highest BCUT2D eigenvalue weighted by Gasteiger charge is 2.14.